The Bertz CT molecular complexity index is 217. The molecule has 0 rings (SSSR count). The summed E-state index contributed by atoms with van der Waals surface area (Å²) in [5.41, 5.74) is 0. The molecule has 0 aliphatic rings. The minimum Gasteiger partial charge on any atom is -0.396 e. The fourth-order valence-corrected chi connectivity index (χ4v) is 7.74. The van der Waals surface area contributed by atoms with Crippen molar-refractivity contribution in [2.75, 3.05) is 72.5 Å². The maximum Gasteiger partial charge on any atom is 0.0521 e. The normalized spacial score (nSPS) is 14.1. The summed E-state index contributed by atoms with van der Waals surface area (Å²) < 4.78 is 0. The second-order valence-corrected chi connectivity index (χ2v) is 10.8. The van der Waals surface area contributed by atoms with Crippen molar-refractivity contribution in [1.82, 2.24) is 0 Å². The summed E-state index contributed by atoms with van der Waals surface area (Å²) in [6.45, 7) is 0.862. The molecule has 2 atom stereocenters. The van der Waals surface area contributed by atoms with Crippen LogP contribution in [0.5, 0.6) is 0 Å². The van der Waals surface area contributed by atoms with Crippen molar-refractivity contribution in [3.05, 3.63) is 0 Å². The lowest BCUT2D eigenvalue weighted by molar-refractivity contribution is 0.322. The number of aliphatic hydroxyl groups is 4. The van der Waals surface area contributed by atoms with Crippen molar-refractivity contribution in [3.63, 3.8) is 0 Å². The van der Waals surface area contributed by atoms with E-state index in [-0.39, 0.29) is 26.4 Å². The lowest BCUT2D eigenvalue weighted by atomic mass is 10.5. The highest BCUT2D eigenvalue weighted by Gasteiger charge is 2.13. The van der Waals surface area contributed by atoms with E-state index in [0.717, 1.165) is 46.0 Å². The van der Waals surface area contributed by atoms with Crippen LogP contribution in [-0.4, -0.2) is 103 Å². The average Bonchev–Trinajstić information content (AvgIpc) is 2.56. The van der Waals surface area contributed by atoms with Crippen molar-refractivity contribution in [3.8, 4) is 0 Å². The highest BCUT2D eigenvalue weighted by Crippen LogP contribution is 2.25. The van der Waals surface area contributed by atoms with Gasteiger partial charge in [0.2, 0.25) is 0 Å². The summed E-state index contributed by atoms with van der Waals surface area (Å²) in [4.78, 5) is 0. The molecule has 0 bridgehead atoms. The fourth-order valence-electron chi connectivity index (χ4n) is 1.62. The molecule has 0 heterocycles. The van der Waals surface area contributed by atoms with Crippen LogP contribution in [0.2, 0.25) is 0 Å². The van der Waals surface area contributed by atoms with Crippen molar-refractivity contribution < 1.29 is 20.4 Å². The molecule has 2 unspecified atom stereocenters. The highest BCUT2D eigenvalue weighted by molar-refractivity contribution is 8.06. The molecule has 0 spiro atoms. The number of aliphatic hydroxyl groups excluding tert-OH is 4. The van der Waals surface area contributed by atoms with Gasteiger partial charge in [0, 0.05) is 56.5 Å². The molecular formula is C14H30O4S5. The van der Waals surface area contributed by atoms with Gasteiger partial charge in [0.1, 0.15) is 0 Å². The highest BCUT2D eigenvalue weighted by atomic mass is 32.2. The van der Waals surface area contributed by atoms with Gasteiger partial charge in [-0.25, -0.2) is 0 Å². The van der Waals surface area contributed by atoms with E-state index < -0.39 is 0 Å². The van der Waals surface area contributed by atoms with Crippen LogP contribution < -0.4 is 0 Å². The topological polar surface area (TPSA) is 80.9 Å². The Morgan fingerprint density at radius 1 is 0.478 bits per heavy atom. The SMILES string of the molecule is OCCSCC(CSCC(CSCCO)SCCO)SCCO. The van der Waals surface area contributed by atoms with Gasteiger partial charge < -0.3 is 20.4 Å². The van der Waals surface area contributed by atoms with Crippen LogP contribution in [0.4, 0.5) is 0 Å². The van der Waals surface area contributed by atoms with Crippen LogP contribution in [0.1, 0.15) is 0 Å². The van der Waals surface area contributed by atoms with Crippen molar-refractivity contribution in [2.24, 2.45) is 0 Å². The number of thioether (sulfide) groups is 5. The molecule has 0 saturated carbocycles. The maximum absolute atomic E-state index is 8.99. The molecule has 0 saturated heterocycles. The first-order valence-corrected chi connectivity index (χ1v) is 13.2. The van der Waals surface area contributed by atoms with Gasteiger partial charge in [0.15, 0.2) is 0 Å². The van der Waals surface area contributed by atoms with E-state index in [9.17, 15) is 0 Å². The minimum atomic E-state index is 0.212. The Morgan fingerprint density at radius 3 is 1.17 bits per heavy atom. The molecule has 9 heteroatoms. The van der Waals surface area contributed by atoms with Gasteiger partial charge in [-0.1, -0.05) is 0 Å². The van der Waals surface area contributed by atoms with Crippen LogP contribution in [-0.2, 0) is 0 Å². The summed E-state index contributed by atoms with van der Waals surface area (Å²) in [6, 6.07) is 0. The van der Waals surface area contributed by atoms with E-state index in [0.29, 0.717) is 10.5 Å². The van der Waals surface area contributed by atoms with Gasteiger partial charge in [-0.3, -0.25) is 0 Å². The monoisotopic (exact) mass is 422 g/mol. The minimum absolute atomic E-state index is 0.212. The first-order valence-electron chi connectivity index (χ1n) is 7.68. The molecule has 23 heavy (non-hydrogen) atoms. The summed E-state index contributed by atoms with van der Waals surface area (Å²) in [5, 5.41) is 36.7. The summed E-state index contributed by atoms with van der Waals surface area (Å²) in [5.74, 6) is 7.17. The van der Waals surface area contributed by atoms with Gasteiger partial charge in [-0.05, 0) is 0 Å². The van der Waals surface area contributed by atoms with Crippen LogP contribution >= 0.6 is 58.8 Å². The molecule has 4 nitrogen and oxygen atoms in total. The molecule has 0 aromatic rings. The molecule has 140 valence electrons. The van der Waals surface area contributed by atoms with Gasteiger partial charge in [-0.2, -0.15) is 58.8 Å². The molecular weight excluding hydrogens is 392 g/mol. The molecule has 0 amide bonds. The van der Waals surface area contributed by atoms with E-state index in [2.05, 4.69) is 0 Å². The van der Waals surface area contributed by atoms with Crippen molar-refractivity contribution in [2.45, 2.75) is 10.5 Å². The Balaban J connectivity index is 4.03. The zero-order valence-electron chi connectivity index (χ0n) is 13.5. The lowest BCUT2D eigenvalue weighted by Crippen LogP contribution is -2.17. The van der Waals surface area contributed by atoms with Crippen LogP contribution in [0.3, 0.4) is 0 Å². The van der Waals surface area contributed by atoms with Crippen molar-refractivity contribution in [1.29, 1.82) is 0 Å². The maximum atomic E-state index is 8.99. The first-order chi connectivity index (χ1) is 11.3. The summed E-state index contributed by atoms with van der Waals surface area (Å²) in [6.07, 6.45) is 0. The third-order valence-electron chi connectivity index (χ3n) is 2.58. The van der Waals surface area contributed by atoms with Gasteiger partial charge >= 0.3 is 0 Å². The van der Waals surface area contributed by atoms with Gasteiger partial charge in [0.05, 0.1) is 26.4 Å². The second kappa shape index (κ2) is 19.9. The van der Waals surface area contributed by atoms with Gasteiger partial charge in [-0.15, -0.1) is 0 Å². The number of rotatable bonds is 18. The largest absolute Gasteiger partial charge is 0.396 e. The standard InChI is InChI=1S/C14H30O4S5/c15-1-5-19-9-13(22-7-3-17)11-21-12-14(23-8-4-18)10-20-6-2-16/h13-18H,1-12H2. The molecule has 0 aliphatic heterocycles. The predicted octanol–water partition coefficient (Wildman–Crippen LogP) is 1.36. The summed E-state index contributed by atoms with van der Waals surface area (Å²) >= 11 is 9.07. The Morgan fingerprint density at radius 2 is 0.826 bits per heavy atom. The lowest BCUT2D eigenvalue weighted by Gasteiger charge is -2.19. The van der Waals surface area contributed by atoms with Crippen LogP contribution in [0.25, 0.3) is 0 Å². The van der Waals surface area contributed by atoms with Crippen LogP contribution in [0, 0.1) is 0 Å². The Hall–Kier alpha value is 1.59. The molecule has 0 aromatic carbocycles. The summed E-state index contributed by atoms with van der Waals surface area (Å²) in [7, 11) is 0. The number of hydrogen-bond acceptors (Lipinski definition) is 9. The molecule has 0 aromatic heterocycles. The smallest absolute Gasteiger partial charge is 0.0521 e. The Labute approximate surface area is 161 Å². The Kier molecular flexibility index (Phi) is 21.3. The zero-order valence-corrected chi connectivity index (χ0v) is 17.6. The van der Waals surface area contributed by atoms with Crippen molar-refractivity contribution >= 4 is 58.8 Å². The first kappa shape index (κ1) is 24.6. The fraction of sp³-hybridized carbons (Fsp3) is 1.00. The third-order valence-corrected chi connectivity index (χ3v) is 9.36. The van der Waals surface area contributed by atoms with E-state index in [1.165, 1.54) is 0 Å². The van der Waals surface area contributed by atoms with E-state index in [1.807, 2.05) is 11.8 Å². The molecule has 0 radical (unpaired) electrons. The molecule has 0 fully saturated rings. The second-order valence-electron chi connectivity index (χ2n) is 4.57. The molecule has 4 N–H and O–H groups in total. The van der Waals surface area contributed by atoms with E-state index in [4.69, 9.17) is 20.4 Å². The zero-order chi connectivity index (χ0) is 17.2. The van der Waals surface area contributed by atoms with E-state index >= 15 is 0 Å². The average molecular weight is 423 g/mol. The van der Waals surface area contributed by atoms with E-state index in [1.54, 1.807) is 47.0 Å². The third kappa shape index (κ3) is 16.8. The molecule has 0 aliphatic carbocycles. The quantitative estimate of drug-likeness (QED) is 0.245. The van der Waals surface area contributed by atoms with Crippen LogP contribution in [0.15, 0.2) is 0 Å². The predicted molar refractivity (Wildman–Crippen MR) is 113 cm³/mol. The van der Waals surface area contributed by atoms with Gasteiger partial charge in [0.25, 0.3) is 0 Å². The number of hydrogen-bond donors (Lipinski definition) is 4.